The Morgan fingerprint density at radius 1 is 1.29 bits per heavy atom. The number of benzene rings is 1. The van der Waals surface area contributed by atoms with E-state index in [1.54, 1.807) is 12.3 Å². The fourth-order valence-electron chi connectivity index (χ4n) is 1.80. The fourth-order valence-corrected chi connectivity index (χ4v) is 1.80. The van der Waals surface area contributed by atoms with Gasteiger partial charge in [0.2, 0.25) is 5.95 Å². The average molecular weight is 284 g/mol. The number of carbonyl (C=O) groups is 1. The lowest BCUT2D eigenvalue weighted by molar-refractivity contribution is 0.0934. The highest BCUT2D eigenvalue weighted by Crippen LogP contribution is 2.18. The van der Waals surface area contributed by atoms with Crippen LogP contribution in [-0.2, 0) is 0 Å². The first-order valence-electron chi connectivity index (χ1n) is 7.04. The average Bonchev–Trinajstić information content (AvgIpc) is 2.55. The van der Waals surface area contributed by atoms with E-state index in [1.807, 2.05) is 56.1 Å². The number of nitrogens with one attached hydrogen (secondary N) is 1. The summed E-state index contributed by atoms with van der Waals surface area (Å²) in [5, 5.41) is 2.90. The van der Waals surface area contributed by atoms with Gasteiger partial charge in [-0.3, -0.25) is 4.79 Å². The second kappa shape index (κ2) is 6.83. The first-order valence-corrected chi connectivity index (χ1v) is 7.04. The molecular weight excluding hydrogens is 264 g/mol. The molecule has 2 rings (SSSR count). The molecule has 0 aliphatic carbocycles. The standard InChI is InChI=1S/C16H20N4O/c1-4-12(2)18-15(21)14-10-11-17-16(19-14)20(3)13-8-6-5-7-9-13/h5-12H,4H2,1-3H3,(H,18,21). The van der Waals surface area contributed by atoms with Gasteiger partial charge >= 0.3 is 0 Å². The van der Waals surface area contributed by atoms with E-state index in [0.717, 1.165) is 12.1 Å². The Morgan fingerprint density at radius 2 is 2.00 bits per heavy atom. The summed E-state index contributed by atoms with van der Waals surface area (Å²) >= 11 is 0. The predicted molar refractivity (Wildman–Crippen MR) is 83.8 cm³/mol. The molecule has 5 heteroatoms. The Bertz CT molecular complexity index is 600. The van der Waals surface area contributed by atoms with Gasteiger partial charge in [0.05, 0.1) is 0 Å². The monoisotopic (exact) mass is 284 g/mol. The van der Waals surface area contributed by atoms with Crippen LogP contribution in [0.25, 0.3) is 0 Å². The molecule has 5 nitrogen and oxygen atoms in total. The third-order valence-corrected chi connectivity index (χ3v) is 3.31. The van der Waals surface area contributed by atoms with E-state index in [2.05, 4.69) is 15.3 Å². The van der Waals surface area contributed by atoms with Crippen molar-refractivity contribution in [3.63, 3.8) is 0 Å². The van der Waals surface area contributed by atoms with Crippen LogP contribution in [0.5, 0.6) is 0 Å². The van der Waals surface area contributed by atoms with Crippen molar-refractivity contribution in [1.29, 1.82) is 0 Å². The Balaban J connectivity index is 2.20. The second-order valence-electron chi connectivity index (χ2n) is 4.92. The van der Waals surface area contributed by atoms with E-state index < -0.39 is 0 Å². The molecule has 1 unspecified atom stereocenters. The molecule has 21 heavy (non-hydrogen) atoms. The molecule has 1 aromatic heterocycles. The third-order valence-electron chi connectivity index (χ3n) is 3.31. The molecule has 1 aromatic carbocycles. The van der Waals surface area contributed by atoms with E-state index in [9.17, 15) is 4.79 Å². The summed E-state index contributed by atoms with van der Waals surface area (Å²) in [4.78, 5) is 22.5. The highest BCUT2D eigenvalue weighted by atomic mass is 16.1. The molecule has 1 heterocycles. The van der Waals surface area contributed by atoms with Crippen molar-refractivity contribution in [1.82, 2.24) is 15.3 Å². The Labute approximate surface area is 125 Å². The van der Waals surface area contributed by atoms with Crippen LogP contribution < -0.4 is 10.2 Å². The third kappa shape index (κ3) is 3.78. The first-order chi connectivity index (χ1) is 10.1. The van der Waals surface area contributed by atoms with Gasteiger partial charge in [-0.05, 0) is 31.5 Å². The van der Waals surface area contributed by atoms with E-state index >= 15 is 0 Å². The van der Waals surface area contributed by atoms with Gasteiger partial charge in [0.15, 0.2) is 0 Å². The minimum atomic E-state index is -0.172. The maximum atomic E-state index is 12.1. The molecule has 0 radical (unpaired) electrons. The summed E-state index contributed by atoms with van der Waals surface area (Å²) in [7, 11) is 1.88. The normalized spacial score (nSPS) is 11.8. The number of amides is 1. The number of anilines is 2. The van der Waals surface area contributed by atoms with E-state index in [4.69, 9.17) is 0 Å². The van der Waals surface area contributed by atoms with Crippen molar-refractivity contribution in [3.05, 3.63) is 48.3 Å². The first kappa shape index (κ1) is 15.0. The van der Waals surface area contributed by atoms with Crippen molar-refractivity contribution in [2.24, 2.45) is 0 Å². The molecule has 110 valence electrons. The predicted octanol–water partition coefficient (Wildman–Crippen LogP) is 2.77. The van der Waals surface area contributed by atoms with Gasteiger partial charge < -0.3 is 10.2 Å². The van der Waals surface area contributed by atoms with Crippen LogP contribution in [-0.4, -0.2) is 29.0 Å². The zero-order valence-electron chi connectivity index (χ0n) is 12.6. The molecule has 2 aromatic rings. The SMILES string of the molecule is CCC(C)NC(=O)c1ccnc(N(C)c2ccccc2)n1. The van der Waals surface area contributed by atoms with Gasteiger partial charge in [0.1, 0.15) is 5.69 Å². The highest BCUT2D eigenvalue weighted by Gasteiger charge is 2.13. The van der Waals surface area contributed by atoms with Gasteiger partial charge in [0, 0.05) is 25.0 Å². The molecule has 0 aliphatic rings. The lowest BCUT2D eigenvalue weighted by atomic mass is 10.2. The van der Waals surface area contributed by atoms with Gasteiger partial charge in [-0.2, -0.15) is 0 Å². The molecule has 0 saturated heterocycles. The van der Waals surface area contributed by atoms with Gasteiger partial charge in [-0.1, -0.05) is 25.1 Å². The maximum Gasteiger partial charge on any atom is 0.270 e. The van der Waals surface area contributed by atoms with Gasteiger partial charge in [-0.15, -0.1) is 0 Å². The molecular formula is C16H20N4O. The molecule has 1 amide bonds. The van der Waals surface area contributed by atoms with Crippen LogP contribution in [0.4, 0.5) is 11.6 Å². The van der Waals surface area contributed by atoms with Crippen molar-refractivity contribution in [2.75, 3.05) is 11.9 Å². The van der Waals surface area contributed by atoms with Crippen LogP contribution in [0, 0.1) is 0 Å². The molecule has 0 bridgehead atoms. The van der Waals surface area contributed by atoms with Crippen molar-refractivity contribution in [2.45, 2.75) is 26.3 Å². The fraction of sp³-hybridized carbons (Fsp3) is 0.312. The summed E-state index contributed by atoms with van der Waals surface area (Å²) in [5.41, 5.74) is 1.35. The van der Waals surface area contributed by atoms with Crippen LogP contribution in [0.3, 0.4) is 0 Å². The Hall–Kier alpha value is -2.43. The zero-order chi connectivity index (χ0) is 15.2. The highest BCUT2D eigenvalue weighted by molar-refractivity contribution is 5.92. The smallest absolute Gasteiger partial charge is 0.270 e. The molecule has 1 atom stereocenters. The molecule has 0 aliphatic heterocycles. The molecule has 0 spiro atoms. The summed E-state index contributed by atoms with van der Waals surface area (Å²) in [6.07, 6.45) is 2.49. The number of hydrogen-bond acceptors (Lipinski definition) is 4. The largest absolute Gasteiger partial charge is 0.348 e. The summed E-state index contributed by atoms with van der Waals surface area (Å²) < 4.78 is 0. The van der Waals surface area contributed by atoms with Crippen LogP contribution in [0.15, 0.2) is 42.6 Å². The van der Waals surface area contributed by atoms with Crippen molar-refractivity contribution >= 4 is 17.5 Å². The molecule has 1 N–H and O–H groups in total. The maximum absolute atomic E-state index is 12.1. The van der Waals surface area contributed by atoms with Gasteiger partial charge in [-0.25, -0.2) is 9.97 Å². The van der Waals surface area contributed by atoms with Crippen molar-refractivity contribution in [3.8, 4) is 0 Å². The number of rotatable bonds is 5. The quantitative estimate of drug-likeness (QED) is 0.917. The molecule has 0 fully saturated rings. The lowest BCUT2D eigenvalue weighted by Gasteiger charge is -2.17. The summed E-state index contributed by atoms with van der Waals surface area (Å²) in [6, 6.07) is 11.5. The van der Waals surface area contributed by atoms with Crippen LogP contribution in [0.1, 0.15) is 30.8 Å². The second-order valence-corrected chi connectivity index (χ2v) is 4.92. The molecule has 0 saturated carbocycles. The van der Waals surface area contributed by atoms with E-state index in [0.29, 0.717) is 11.6 Å². The number of para-hydroxylation sites is 1. The Kier molecular flexibility index (Phi) is 4.87. The number of aromatic nitrogens is 2. The van der Waals surface area contributed by atoms with Crippen LogP contribution >= 0.6 is 0 Å². The van der Waals surface area contributed by atoms with E-state index in [1.165, 1.54) is 0 Å². The minimum absolute atomic E-state index is 0.128. The lowest BCUT2D eigenvalue weighted by Crippen LogP contribution is -2.32. The summed E-state index contributed by atoms with van der Waals surface area (Å²) in [5.74, 6) is 0.326. The van der Waals surface area contributed by atoms with Gasteiger partial charge in [0.25, 0.3) is 5.91 Å². The minimum Gasteiger partial charge on any atom is -0.348 e. The summed E-state index contributed by atoms with van der Waals surface area (Å²) in [6.45, 7) is 4.00. The number of nitrogens with zero attached hydrogens (tertiary/aromatic N) is 3. The zero-order valence-corrected chi connectivity index (χ0v) is 12.6. The number of carbonyl (C=O) groups excluding carboxylic acids is 1. The Morgan fingerprint density at radius 3 is 2.67 bits per heavy atom. The van der Waals surface area contributed by atoms with E-state index in [-0.39, 0.29) is 11.9 Å². The number of hydrogen-bond donors (Lipinski definition) is 1. The van der Waals surface area contributed by atoms with Crippen LogP contribution in [0.2, 0.25) is 0 Å². The van der Waals surface area contributed by atoms with Crippen molar-refractivity contribution < 1.29 is 4.79 Å². The topological polar surface area (TPSA) is 58.1 Å².